The molecular weight excluding hydrogens is 489 g/mol. The first-order valence-electron chi connectivity index (χ1n) is 10.6. The van der Waals surface area contributed by atoms with Gasteiger partial charge in [-0.15, -0.1) is 24.0 Å². The molecule has 1 aromatic carbocycles. The number of guanidine groups is 1. The molecule has 2 heterocycles. The van der Waals surface area contributed by atoms with Crippen molar-refractivity contribution < 1.29 is 4.74 Å². The summed E-state index contributed by atoms with van der Waals surface area (Å²) in [5.41, 5.74) is 2.34. The molecule has 0 atom stereocenters. The van der Waals surface area contributed by atoms with Crippen LogP contribution in [0.15, 0.2) is 59.7 Å². The first kappa shape index (κ1) is 24.6. The van der Waals surface area contributed by atoms with Gasteiger partial charge in [-0.25, -0.2) is 0 Å². The lowest BCUT2D eigenvalue weighted by Gasteiger charge is -2.32. The van der Waals surface area contributed by atoms with E-state index in [9.17, 15) is 0 Å². The Balaban J connectivity index is 0.00000320. The number of aromatic nitrogens is 1. The van der Waals surface area contributed by atoms with E-state index in [0.717, 1.165) is 50.7 Å². The number of benzene rings is 1. The van der Waals surface area contributed by atoms with Crippen molar-refractivity contribution in [3.8, 4) is 0 Å². The van der Waals surface area contributed by atoms with Crippen LogP contribution < -0.4 is 10.6 Å². The number of hydrogen-bond donors (Lipinski definition) is 2. The Morgan fingerprint density at radius 2 is 1.90 bits per heavy atom. The highest BCUT2D eigenvalue weighted by atomic mass is 127. The van der Waals surface area contributed by atoms with Gasteiger partial charge in [-0.2, -0.15) is 0 Å². The van der Waals surface area contributed by atoms with E-state index in [1.165, 1.54) is 5.56 Å². The molecule has 7 heteroatoms. The first-order chi connectivity index (χ1) is 14.3. The molecule has 6 nitrogen and oxygen atoms in total. The first-order valence-corrected chi connectivity index (χ1v) is 10.6. The van der Waals surface area contributed by atoms with Gasteiger partial charge in [0.05, 0.1) is 25.5 Å². The van der Waals surface area contributed by atoms with Crippen LogP contribution in [0.1, 0.15) is 31.0 Å². The van der Waals surface area contributed by atoms with Crippen molar-refractivity contribution in [2.75, 3.05) is 32.8 Å². The van der Waals surface area contributed by atoms with Crippen molar-refractivity contribution in [3.63, 3.8) is 0 Å². The molecule has 0 bridgehead atoms. The van der Waals surface area contributed by atoms with Crippen LogP contribution in [0.3, 0.4) is 0 Å². The number of halogens is 1. The number of likely N-dealkylation sites (tertiary alicyclic amines) is 1. The molecule has 30 heavy (non-hydrogen) atoms. The molecule has 1 aliphatic heterocycles. The number of hydrogen-bond acceptors (Lipinski definition) is 4. The van der Waals surface area contributed by atoms with Crippen molar-refractivity contribution in [2.45, 2.75) is 39.0 Å². The van der Waals surface area contributed by atoms with E-state index in [0.29, 0.717) is 25.8 Å². The number of nitrogens with zero attached hydrogens (tertiary/aromatic N) is 3. The van der Waals surface area contributed by atoms with Crippen LogP contribution in [0.25, 0.3) is 0 Å². The Morgan fingerprint density at radius 1 is 1.13 bits per heavy atom. The summed E-state index contributed by atoms with van der Waals surface area (Å²) in [7, 11) is 0. The van der Waals surface area contributed by atoms with Gasteiger partial charge in [0, 0.05) is 38.4 Å². The molecule has 0 amide bonds. The standard InChI is InChI=1S/C23H33N5O.HI/c1-2-24-23(26-14-17-29-19-20-8-4-3-5-9-20)27-21-11-15-28(16-12-21)18-22-10-6-7-13-25-22;/h3-10,13,21H,2,11-12,14-19H2,1H3,(H2,24,26,27);1H. The van der Waals surface area contributed by atoms with Gasteiger partial charge < -0.3 is 15.4 Å². The average Bonchev–Trinajstić information content (AvgIpc) is 2.76. The maximum atomic E-state index is 5.73. The largest absolute Gasteiger partial charge is 0.375 e. The number of aliphatic imine (C=N–C) groups is 1. The molecular formula is C23H34IN5O. The summed E-state index contributed by atoms with van der Waals surface area (Å²) in [4.78, 5) is 11.6. The molecule has 0 aliphatic carbocycles. The fourth-order valence-corrected chi connectivity index (χ4v) is 3.46. The number of pyridine rings is 1. The molecule has 0 spiro atoms. The minimum Gasteiger partial charge on any atom is -0.375 e. The van der Waals surface area contributed by atoms with E-state index in [-0.39, 0.29) is 24.0 Å². The summed E-state index contributed by atoms with van der Waals surface area (Å²) >= 11 is 0. The van der Waals surface area contributed by atoms with Crippen molar-refractivity contribution >= 4 is 29.9 Å². The molecule has 1 saturated heterocycles. The molecule has 1 aliphatic rings. The number of piperidine rings is 1. The Labute approximate surface area is 197 Å². The monoisotopic (exact) mass is 523 g/mol. The quantitative estimate of drug-likeness (QED) is 0.228. The number of nitrogens with one attached hydrogen (secondary N) is 2. The molecule has 0 radical (unpaired) electrons. The van der Waals surface area contributed by atoms with Gasteiger partial charge in [0.25, 0.3) is 0 Å². The third-order valence-electron chi connectivity index (χ3n) is 5.00. The minimum atomic E-state index is 0. The zero-order chi connectivity index (χ0) is 20.2. The van der Waals surface area contributed by atoms with Crippen LogP contribution in [0.5, 0.6) is 0 Å². The van der Waals surface area contributed by atoms with Gasteiger partial charge in [-0.1, -0.05) is 36.4 Å². The molecule has 0 unspecified atom stereocenters. The van der Waals surface area contributed by atoms with Crippen LogP contribution in [0, 0.1) is 0 Å². The van der Waals surface area contributed by atoms with E-state index in [4.69, 9.17) is 4.74 Å². The Kier molecular flexibility index (Phi) is 11.7. The molecule has 0 saturated carbocycles. The molecule has 164 valence electrons. The summed E-state index contributed by atoms with van der Waals surface area (Å²) in [6.45, 7) is 7.94. The number of ether oxygens (including phenoxy) is 1. The zero-order valence-corrected chi connectivity index (χ0v) is 20.1. The van der Waals surface area contributed by atoms with Crippen molar-refractivity contribution in [1.82, 2.24) is 20.5 Å². The van der Waals surface area contributed by atoms with E-state index in [2.05, 4.69) is 56.7 Å². The summed E-state index contributed by atoms with van der Waals surface area (Å²) in [6.07, 6.45) is 4.09. The average molecular weight is 523 g/mol. The molecule has 1 aromatic heterocycles. The van der Waals surface area contributed by atoms with Crippen molar-refractivity contribution in [1.29, 1.82) is 0 Å². The van der Waals surface area contributed by atoms with Gasteiger partial charge in [-0.05, 0) is 37.5 Å². The predicted octanol–water partition coefficient (Wildman–Crippen LogP) is 3.44. The Bertz CT molecular complexity index is 721. The van der Waals surface area contributed by atoms with Gasteiger partial charge in [0.2, 0.25) is 0 Å². The predicted molar refractivity (Wildman–Crippen MR) is 133 cm³/mol. The van der Waals surface area contributed by atoms with Gasteiger partial charge in [0.15, 0.2) is 5.96 Å². The second-order valence-corrected chi connectivity index (χ2v) is 7.31. The van der Waals surface area contributed by atoms with Gasteiger partial charge in [0.1, 0.15) is 0 Å². The van der Waals surface area contributed by atoms with Crippen molar-refractivity contribution in [2.24, 2.45) is 4.99 Å². The molecule has 3 rings (SSSR count). The summed E-state index contributed by atoms with van der Waals surface area (Å²) in [5, 5.41) is 6.94. The van der Waals surface area contributed by atoms with Crippen molar-refractivity contribution in [3.05, 3.63) is 66.0 Å². The topological polar surface area (TPSA) is 61.8 Å². The van der Waals surface area contributed by atoms with Gasteiger partial charge >= 0.3 is 0 Å². The number of rotatable bonds is 9. The zero-order valence-electron chi connectivity index (χ0n) is 17.8. The second-order valence-electron chi connectivity index (χ2n) is 7.31. The van der Waals surface area contributed by atoms with E-state index in [1.54, 1.807) is 0 Å². The second kappa shape index (κ2) is 14.3. The minimum absolute atomic E-state index is 0. The third-order valence-corrected chi connectivity index (χ3v) is 5.00. The Hall–Kier alpha value is -1.71. The lowest BCUT2D eigenvalue weighted by Crippen LogP contribution is -2.48. The van der Waals surface area contributed by atoms with Crippen LogP contribution >= 0.6 is 24.0 Å². The fraction of sp³-hybridized carbons (Fsp3) is 0.478. The summed E-state index contributed by atoms with van der Waals surface area (Å²) in [5.74, 6) is 0.888. The maximum absolute atomic E-state index is 5.73. The maximum Gasteiger partial charge on any atom is 0.191 e. The van der Waals surface area contributed by atoms with Crippen LogP contribution in [-0.2, 0) is 17.9 Å². The highest BCUT2D eigenvalue weighted by molar-refractivity contribution is 14.0. The van der Waals surface area contributed by atoms with Crippen LogP contribution in [0.4, 0.5) is 0 Å². The Morgan fingerprint density at radius 3 is 2.60 bits per heavy atom. The molecule has 2 aromatic rings. The molecule has 2 N–H and O–H groups in total. The van der Waals surface area contributed by atoms with E-state index < -0.39 is 0 Å². The lowest BCUT2D eigenvalue weighted by atomic mass is 10.0. The normalized spacial score (nSPS) is 15.4. The highest BCUT2D eigenvalue weighted by Gasteiger charge is 2.20. The highest BCUT2D eigenvalue weighted by Crippen LogP contribution is 2.12. The van der Waals surface area contributed by atoms with Crippen LogP contribution in [-0.4, -0.2) is 54.7 Å². The van der Waals surface area contributed by atoms with Gasteiger partial charge in [-0.3, -0.25) is 14.9 Å². The van der Waals surface area contributed by atoms with E-state index >= 15 is 0 Å². The molecule has 1 fully saturated rings. The SMILES string of the molecule is CCNC(=NCCOCc1ccccc1)NC1CCN(Cc2ccccn2)CC1.I. The third kappa shape index (κ3) is 8.97. The van der Waals surface area contributed by atoms with Crippen LogP contribution in [0.2, 0.25) is 0 Å². The lowest BCUT2D eigenvalue weighted by molar-refractivity contribution is 0.128. The van der Waals surface area contributed by atoms with E-state index in [1.807, 2.05) is 30.5 Å². The fourth-order valence-electron chi connectivity index (χ4n) is 3.46. The summed E-state index contributed by atoms with van der Waals surface area (Å²) < 4.78 is 5.73. The smallest absolute Gasteiger partial charge is 0.191 e. The summed E-state index contributed by atoms with van der Waals surface area (Å²) in [6, 6.07) is 16.8.